The third-order valence-corrected chi connectivity index (χ3v) is 11.3. The summed E-state index contributed by atoms with van der Waals surface area (Å²) in [7, 11) is 1.61. The molecule has 1 fully saturated rings. The number of carboxylic acids is 2. The number of carboxylic acid groups (broad SMARTS) is 2. The van der Waals surface area contributed by atoms with E-state index in [4.69, 9.17) is 16.2 Å². The maximum atomic E-state index is 14.4. The van der Waals surface area contributed by atoms with Gasteiger partial charge in [0.05, 0.1) is 24.5 Å². The summed E-state index contributed by atoms with van der Waals surface area (Å²) in [4.78, 5) is 124. The Morgan fingerprint density at radius 1 is 0.843 bits per heavy atom. The monoisotopic (exact) mass is 981 g/mol. The normalized spacial score (nSPS) is 24.7. The van der Waals surface area contributed by atoms with Gasteiger partial charge in [-0.1, -0.05) is 87.9 Å². The molecular weight excluding hydrogens is 909 g/mol. The summed E-state index contributed by atoms with van der Waals surface area (Å²) in [5, 5.41) is 37.4. The van der Waals surface area contributed by atoms with E-state index in [0.717, 1.165) is 5.56 Å². The van der Waals surface area contributed by atoms with Crippen LogP contribution in [-0.4, -0.2) is 125 Å². The molecule has 0 saturated carbocycles. The van der Waals surface area contributed by atoms with Crippen LogP contribution in [0.5, 0.6) is 0 Å². The predicted octanol–water partition coefficient (Wildman–Crippen LogP) is 0.420. The Labute approximate surface area is 408 Å². The van der Waals surface area contributed by atoms with E-state index in [-0.39, 0.29) is 55.4 Å². The average molecular weight is 981 g/mol. The van der Waals surface area contributed by atoms with Crippen LogP contribution in [0, 0.1) is 17.8 Å². The molecule has 0 bridgehead atoms. The first-order chi connectivity index (χ1) is 32.9. The van der Waals surface area contributed by atoms with Crippen LogP contribution in [0.15, 0.2) is 70.9 Å². The smallest absolute Gasteiger partial charge is 0.326 e. The van der Waals surface area contributed by atoms with Gasteiger partial charge in [-0.15, -0.1) is 0 Å². The van der Waals surface area contributed by atoms with Gasteiger partial charge in [0.25, 0.3) is 5.91 Å². The zero-order valence-electron chi connectivity index (χ0n) is 41.2. The molecule has 13 N–H and O–H groups in total. The molecule has 1 saturated heterocycles. The number of ether oxygens (including phenoxy) is 1. The highest BCUT2D eigenvalue weighted by Crippen LogP contribution is 2.18. The quantitative estimate of drug-likeness (QED) is 0.0352. The fourth-order valence-corrected chi connectivity index (χ4v) is 7.28. The molecule has 1 aliphatic rings. The molecule has 1 heterocycles. The van der Waals surface area contributed by atoms with Gasteiger partial charge in [0.15, 0.2) is 5.96 Å². The van der Waals surface area contributed by atoms with Gasteiger partial charge in [-0.05, 0) is 64.4 Å². The van der Waals surface area contributed by atoms with Gasteiger partial charge in [-0.25, -0.2) is 4.79 Å². The zero-order valence-corrected chi connectivity index (χ0v) is 41.2. The number of guanidine groups is 1. The number of nitrogens with two attached hydrogens (primary N) is 2. The lowest BCUT2D eigenvalue weighted by Crippen LogP contribution is -2.59. The summed E-state index contributed by atoms with van der Waals surface area (Å²) in [6, 6.07) is 1.08. The molecule has 70 heavy (non-hydrogen) atoms. The number of carbonyl (C=O) groups is 9. The van der Waals surface area contributed by atoms with Gasteiger partial charge in [-0.3, -0.25) is 43.3 Å². The molecular formula is C48H72N10O12. The number of benzene rings is 1. The van der Waals surface area contributed by atoms with Crippen molar-refractivity contribution in [2.75, 3.05) is 13.7 Å². The Morgan fingerprint density at radius 2 is 1.46 bits per heavy atom. The standard InChI is InChI=1S/C48H72N10O12/c1-9-32-43(64)52-30(7)42(63)57-36(22-26(2)3)45(66)58-37(25-40(60)61)46(67)55-34(16-13-21-51-48(49)50)44(65)54-33(29(6)41(62)56-35(47(68)69)19-20-39(59)53-32)18-17-27(4)23-28(5)38(70-8)24-31-14-11-10-12-15-31/h9-12,14-15,17-18,23,26,28-30,33-38H,13,16,19-22,24-25H2,1-8H3,(H,52,64)(H,53,59)(H,54,65)(H,55,67)(H,56,62)(H,57,63)(H,58,66)(H,60,61)(H,68,69)(H4,49,50,51)/b18-17+,27-23+,32-9-/t28-,29-,30+,33?,34-,35+,36-,37?,38-/m0/s1. The molecule has 7 amide bonds. The maximum Gasteiger partial charge on any atom is 0.326 e. The van der Waals surface area contributed by atoms with Gasteiger partial charge in [0, 0.05) is 26.0 Å². The maximum absolute atomic E-state index is 14.4. The van der Waals surface area contributed by atoms with Gasteiger partial charge < -0.3 is 63.6 Å². The molecule has 0 spiro atoms. The van der Waals surface area contributed by atoms with E-state index in [0.29, 0.717) is 12.0 Å². The summed E-state index contributed by atoms with van der Waals surface area (Å²) in [6.07, 6.45) is 4.89. The van der Waals surface area contributed by atoms with E-state index < -0.39 is 115 Å². The Morgan fingerprint density at radius 3 is 2.04 bits per heavy atom. The lowest BCUT2D eigenvalue weighted by atomic mass is 9.94. The summed E-state index contributed by atoms with van der Waals surface area (Å²) in [5.74, 6) is -11.0. The van der Waals surface area contributed by atoms with Crippen molar-refractivity contribution in [3.63, 3.8) is 0 Å². The molecule has 0 radical (unpaired) electrons. The largest absolute Gasteiger partial charge is 0.481 e. The number of hydrogen-bond acceptors (Lipinski definition) is 11. The number of amides is 7. The lowest BCUT2D eigenvalue weighted by Gasteiger charge is -2.28. The summed E-state index contributed by atoms with van der Waals surface area (Å²) >= 11 is 0. The van der Waals surface area contributed by atoms with E-state index in [2.05, 4.69) is 42.2 Å². The van der Waals surface area contributed by atoms with Crippen LogP contribution in [0.25, 0.3) is 0 Å². The molecule has 2 unspecified atom stereocenters. The Hall–Kier alpha value is -7.10. The molecule has 1 aromatic rings. The van der Waals surface area contributed by atoms with Crippen LogP contribution in [0.4, 0.5) is 0 Å². The highest BCUT2D eigenvalue weighted by molar-refractivity contribution is 6.01. The third kappa shape index (κ3) is 21.0. The van der Waals surface area contributed by atoms with Gasteiger partial charge in [0.2, 0.25) is 35.4 Å². The molecule has 9 atom stereocenters. The SMILES string of the molecule is C/C=C1\NC(=O)CC[C@H](C(=O)O)NC(=O)[C@@H](C)C(/C=C/C(C)=C/[C@H](C)[C@H](Cc2ccccc2)OC)NC(=O)[C@H](CCCN=C(N)N)NC(=O)C(CC(=O)O)NC(=O)[C@H](CC(C)C)NC(=O)[C@@H](C)NC1=O. The summed E-state index contributed by atoms with van der Waals surface area (Å²) < 4.78 is 5.81. The fourth-order valence-electron chi connectivity index (χ4n) is 7.28. The Kier molecular flexibility index (Phi) is 25.1. The van der Waals surface area contributed by atoms with E-state index >= 15 is 0 Å². The van der Waals surface area contributed by atoms with Gasteiger partial charge >= 0.3 is 11.9 Å². The predicted molar refractivity (Wildman–Crippen MR) is 260 cm³/mol. The van der Waals surface area contributed by atoms with Crippen molar-refractivity contribution in [3.05, 3.63) is 71.5 Å². The third-order valence-electron chi connectivity index (χ3n) is 11.3. The van der Waals surface area contributed by atoms with Gasteiger partial charge in [-0.2, -0.15) is 0 Å². The molecule has 1 aromatic carbocycles. The molecule has 22 nitrogen and oxygen atoms in total. The zero-order chi connectivity index (χ0) is 52.7. The molecule has 0 aliphatic carbocycles. The number of allylic oxidation sites excluding steroid dienone is 3. The number of nitrogens with one attached hydrogen (secondary N) is 7. The second-order valence-electron chi connectivity index (χ2n) is 17.7. The number of carbonyl (C=O) groups excluding carboxylic acids is 7. The van der Waals surface area contributed by atoms with E-state index in [1.807, 2.05) is 43.3 Å². The minimum atomic E-state index is -1.78. The van der Waals surface area contributed by atoms with Crippen LogP contribution in [0.2, 0.25) is 0 Å². The Balaban J connectivity index is 2.73. The van der Waals surface area contributed by atoms with Crippen LogP contribution >= 0.6 is 0 Å². The van der Waals surface area contributed by atoms with Gasteiger partial charge in [0.1, 0.15) is 35.9 Å². The second-order valence-corrected chi connectivity index (χ2v) is 17.7. The van der Waals surface area contributed by atoms with E-state index in [1.165, 1.54) is 32.9 Å². The van der Waals surface area contributed by atoms with E-state index in [9.17, 15) is 53.4 Å². The minimum absolute atomic E-state index is 0.00836. The van der Waals surface area contributed by atoms with E-state index in [1.54, 1.807) is 34.0 Å². The first-order valence-electron chi connectivity index (χ1n) is 23.2. The highest BCUT2D eigenvalue weighted by atomic mass is 16.5. The van der Waals surface area contributed by atoms with Crippen molar-refractivity contribution in [1.82, 2.24) is 37.2 Å². The topological polar surface area (TPSA) is 352 Å². The van der Waals surface area contributed by atoms with Crippen LogP contribution in [0.3, 0.4) is 0 Å². The number of aliphatic imine (C=N–C) groups is 1. The van der Waals surface area contributed by atoms with Crippen molar-refractivity contribution in [2.24, 2.45) is 34.2 Å². The molecule has 386 valence electrons. The fraction of sp³-hybridized carbons (Fsp3) is 0.542. The summed E-state index contributed by atoms with van der Waals surface area (Å²) in [6.45, 7) is 11.4. The molecule has 1 aliphatic heterocycles. The van der Waals surface area contributed by atoms with Crippen LogP contribution < -0.4 is 48.7 Å². The highest BCUT2D eigenvalue weighted by Gasteiger charge is 2.35. The molecule has 22 heteroatoms. The van der Waals surface area contributed by atoms with Crippen molar-refractivity contribution in [1.29, 1.82) is 0 Å². The van der Waals surface area contributed by atoms with Crippen molar-refractivity contribution < 1.29 is 58.1 Å². The first kappa shape index (κ1) is 59.0. The average Bonchev–Trinajstić information content (AvgIpc) is 3.29. The number of rotatable bonds is 16. The number of aliphatic carboxylic acids is 2. The lowest BCUT2D eigenvalue weighted by molar-refractivity contribution is -0.143. The second kappa shape index (κ2) is 29.7. The minimum Gasteiger partial charge on any atom is -0.481 e. The van der Waals surface area contributed by atoms with Crippen molar-refractivity contribution in [2.45, 2.75) is 136 Å². The molecule has 2 rings (SSSR count). The van der Waals surface area contributed by atoms with Crippen molar-refractivity contribution in [3.8, 4) is 0 Å². The number of hydrogen-bond donors (Lipinski definition) is 11. The Bertz CT molecular complexity index is 2120. The molecule has 0 aromatic heterocycles. The number of methoxy groups -OCH3 is 1. The number of nitrogens with zero attached hydrogens (tertiary/aromatic N) is 1. The first-order valence-corrected chi connectivity index (χ1v) is 23.2. The summed E-state index contributed by atoms with van der Waals surface area (Å²) in [5.41, 5.74) is 12.5. The van der Waals surface area contributed by atoms with Crippen LogP contribution in [0.1, 0.15) is 92.6 Å². The van der Waals surface area contributed by atoms with Crippen LogP contribution in [-0.2, 0) is 54.3 Å². The van der Waals surface area contributed by atoms with Crippen molar-refractivity contribution >= 4 is 59.2 Å².